The summed E-state index contributed by atoms with van der Waals surface area (Å²) in [5.41, 5.74) is 1.07. The quantitative estimate of drug-likeness (QED) is 0.479. The van der Waals surface area contributed by atoms with Gasteiger partial charge in [0.25, 0.3) is 5.69 Å². The van der Waals surface area contributed by atoms with Gasteiger partial charge in [-0.15, -0.1) is 0 Å². The van der Waals surface area contributed by atoms with Crippen LogP contribution in [0.15, 0.2) is 47.7 Å². The predicted molar refractivity (Wildman–Crippen MR) is 96.6 cm³/mol. The highest BCUT2D eigenvalue weighted by molar-refractivity contribution is 5.63. The first-order chi connectivity index (χ1) is 12.9. The summed E-state index contributed by atoms with van der Waals surface area (Å²) in [5, 5.41) is 40.7. The molecule has 0 saturated heterocycles. The van der Waals surface area contributed by atoms with E-state index >= 15 is 0 Å². The molecule has 0 aliphatic heterocycles. The zero-order chi connectivity index (χ0) is 20.0. The van der Waals surface area contributed by atoms with E-state index in [4.69, 9.17) is 20.5 Å². The summed E-state index contributed by atoms with van der Waals surface area (Å²) >= 11 is 0. The number of nitrogens with zero attached hydrogens (tertiary/aromatic N) is 4. The van der Waals surface area contributed by atoms with Gasteiger partial charge in [-0.05, 0) is 37.1 Å². The highest BCUT2D eigenvalue weighted by Crippen LogP contribution is 2.31. The minimum atomic E-state index is -0.606. The van der Waals surface area contributed by atoms with Crippen molar-refractivity contribution in [1.29, 1.82) is 15.8 Å². The fraction of sp³-hybridized carbons (Fsp3) is 0.105. The topological polar surface area (TPSA) is 136 Å². The Hall–Kier alpha value is -4.35. The van der Waals surface area contributed by atoms with Crippen LogP contribution in [-0.2, 0) is 0 Å². The molecule has 0 saturated carbocycles. The molecular weight excluding hydrogens is 346 g/mol. The lowest BCUT2D eigenvalue weighted by atomic mass is 10.1. The molecule has 27 heavy (non-hydrogen) atoms. The van der Waals surface area contributed by atoms with Crippen LogP contribution in [0.1, 0.15) is 11.1 Å². The second-order valence-electron chi connectivity index (χ2n) is 5.61. The fourth-order valence-corrected chi connectivity index (χ4v) is 2.38. The van der Waals surface area contributed by atoms with Crippen molar-refractivity contribution < 1.29 is 9.66 Å². The molecule has 0 amide bonds. The van der Waals surface area contributed by atoms with Gasteiger partial charge in [-0.25, -0.2) is 0 Å². The number of rotatable bonds is 5. The number of allylic oxidation sites excluding steroid dienone is 2. The minimum absolute atomic E-state index is 0.142. The summed E-state index contributed by atoms with van der Waals surface area (Å²) in [7, 11) is 0. The van der Waals surface area contributed by atoms with E-state index in [2.05, 4.69) is 5.32 Å². The number of anilines is 1. The van der Waals surface area contributed by atoms with Gasteiger partial charge in [0.15, 0.2) is 5.57 Å². The van der Waals surface area contributed by atoms with Gasteiger partial charge in [-0.1, -0.05) is 6.07 Å². The molecule has 0 bridgehead atoms. The van der Waals surface area contributed by atoms with Gasteiger partial charge in [0, 0.05) is 17.8 Å². The van der Waals surface area contributed by atoms with E-state index in [9.17, 15) is 10.1 Å². The Morgan fingerprint density at radius 3 is 2.07 bits per heavy atom. The van der Waals surface area contributed by atoms with Crippen molar-refractivity contribution in [2.24, 2.45) is 0 Å². The molecule has 0 spiro atoms. The molecule has 0 aliphatic rings. The number of nitriles is 3. The van der Waals surface area contributed by atoms with E-state index < -0.39 is 10.5 Å². The van der Waals surface area contributed by atoms with Gasteiger partial charge in [0.1, 0.15) is 35.4 Å². The number of nitrogens with one attached hydrogen (secondary N) is 1. The Morgan fingerprint density at radius 1 is 0.963 bits per heavy atom. The number of hydrogen-bond donors (Lipinski definition) is 1. The maximum Gasteiger partial charge on any atom is 0.275 e. The van der Waals surface area contributed by atoms with Crippen molar-refractivity contribution in [2.75, 3.05) is 5.32 Å². The van der Waals surface area contributed by atoms with Gasteiger partial charge in [-0.3, -0.25) is 10.1 Å². The summed E-state index contributed by atoms with van der Waals surface area (Å²) in [6.07, 6.45) is 0. The van der Waals surface area contributed by atoms with Crippen LogP contribution in [0.25, 0.3) is 0 Å². The van der Waals surface area contributed by atoms with Crippen LogP contribution in [0.4, 0.5) is 11.4 Å². The number of benzene rings is 2. The average Bonchev–Trinajstić information content (AvgIpc) is 2.60. The Labute approximate surface area is 155 Å². The minimum Gasteiger partial charge on any atom is -0.457 e. The second kappa shape index (κ2) is 8.15. The Kier molecular flexibility index (Phi) is 5.73. The Morgan fingerprint density at radius 2 is 1.56 bits per heavy atom. The smallest absolute Gasteiger partial charge is 0.275 e. The molecule has 8 nitrogen and oxygen atoms in total. The molecule has 2 aromatic rings. The van der Waals surface area contributed by atoms with Crippen molar-refractivity contribution in [3.05, 3.63) is 68.9 Å². The van der Waals surface area contributed by atoms with E-state index in [0.29, 0.717) is 5.75 Å². The first kappa shape index (κ1) is 19.0. The zero-order valence-corrected chi connectivity index (χ0v) is 14.5. The van der Waals surface area contributed by atoms with Crippen LogP contribution in [0.2, 0.25) is 0 Å². The summed E-state index contributed by atoms with van der Waals surface area (Å²) in [4.78, 5) is 10.6. The SMILES string of the molecule is Cc1cc(C)cc(Oc2cc(NC(C#N)=C(C#N)C#N)cc([N+](=O)[O-])c2)c1. The van der Waals surface area contributed by atoms with Crippen LogP contribution >= 0.6 is 0 Å². The average molecular weight is 359 g/mol. The molecule has 0 aliphatic carbocycles. The standard InChI is InChI=1S/C19H13N5O3/c1-12-3-13(2)5-17(4-12)27-18-7-15(6-16(8-18)24(25)26)23-19(11-22)14(9-20)10-21/h3-8,23H,1-2H3. The van der Waals surface area contributed by atoms with Gasteiger partial charge in [0.2, 0.25) is 0 Å². The number of nitro benzene ring substituents is 1. The molecule has 2 rings (SSSR count). The molecular formula is C19H13N5O3. The molecule has 0 heterocycles. The predicted octanol–water partition coefficient (Wildman–Crippen LogP) is 4.24. The first-order valence-corrected chi connectivity index (χ1v) is 7.63. The third kappa shape index (κ3) is 4.82. The largest absolute Gasteiger partial charge is 0.457 e. The fourth-order valence-electron chi connectivity index (χ4n) is 2.38. The third-order valence-corrected chi connectivity index (χ3v) is 3.39. The first-order valence-electron chi connectivity index (χ1n) is 7.63. The molecule has 8 heteroatoms. The summed E-state index contributed by atoms with van der Waals surface area (Å²) < 4.78 is 5.73. The van der Waals surface area contributed by atoms with E-state index in [0.717, 1.165) is 11.1 Å². The number of nitro groups is 1. The Balaban J connectivity index is 2.47. The van der Waals surface area contributed by atoms with Gasteiger partial charge >= 0.3 is 0 Å². The van der Waals surface area contributed by atoms with Crippen molar-refractivity contribution in [2.45, 2.75) is 13.8 Å². The van der Waals surface area contributed by atoms with Crippen molar-refractivity contribution in [3.63, 3.8) is 0 Å². The molecule has 1 N–H and O–H groups in total. The van der Waals surface area contributed by atoms with E-state index in [1.807, 2.05) is 19.9 Å². The highest BCUT2D eigenvalue weighted by Gasteiger charge is 2.14. The molecule has 0 aromatic heterocycles. The van der Waals surface area contributed by atoms with E-state index in [1.165, 1.54) is 18.2 Å². The molecule has 0 radical (unpaired) electrons. The number of non-ortho nitro benzene ring substituents is 1. The monoisotopic (exact) mass is 359 g/mol. The summed E-state index contributed by atoms with van der Waals surface area (Å²) in [6.45, 7) is 3.80. The Bertz CT molecular complexity index is 1030. The van der Waals surface area contributed by atoms with Crippen molar-refractivity contribution in [1.82, 2.24) is 0 Å². The van der Waals surface area contributed by atoms with Gasteiger partial charge in [0.05, 0.1) is 11.0 Å². The van der Waals surface area contributed by atoms with Crippen molar-refractivity contribution in [3.8, 4) is 29.7 Å². The van der Waals surface area contributed by atoms with Gasteiger partial charge in [-0.2, -0.15) is 15.8 Å². The lowest BCUT2D eigenvalue weighted by molar-refractivity contribution is -0.384. The second-order valence-corrected chi connectivity index (χ2v) is 5.61. The third-order valence-electron chi connectivity index (χ3n) is 3.39. The molecule has 0 fully saturated rings. The van der Waals surface area contributed by atoms with Crippen LogP contribution in [0.5, 0.6) is 11.5 Å². The summed E-state index contributed by atoms with van der Waals surface area (Å²) in [6, 6.07) is 14.3. The van der Waals surface area contributed by atoms with Crippen LogP contribution in [-0.4, -0.2) is 4.92 Å². The maximum atomic E-state index is 11.2. The lowest BCUT2D eigenvalue weighted by Gasteiger charge is -2.10. The maximum absolute atomic E-state index is 11.2. The normalized spacial score (nSPS) is 9.30. The van der Waals surface area contributed by atoms with Gasteiger partial charge < -0.3 is 10.1 Å². The van der Waals surface area contributed by atoms with E-state index in [1.54, 1.807) is 30.3 Å². The molecule has 2 aromatic carbocycles. The van der Waals surface area contributed by atoms with E-state index in [-0.39, 0.29) is 22.8 Å². The molecule has 132 valence electrons. The number of ether oxygens (including phenoxy) is 1. The van der Waals surface area contributed by atoms with Crippen LogP contribution < -0.4 is 10.1 Å². The highest BCUT2D eigenvalue weighted by atomic mass is 16.6. The van der Waals surface area contributed by atoms with Crippen molar-refractivity contribution >= 4 is 11.4 Å². The summed E-state index contributed by atoms with van der Waals surface area (Å²) in [5.74, 6) is 0.675. The molecule has 0 atom stereocenters. The number of hydrogen-bond acceptors (Lipinski definition) is 7. The lowest BCUT2D eigenvalue weighted by Crippen LogP contribution is -2.02. The molecule has 0 unspecified atom stereocenters. The number of aryl methyl sites for hydroxylation is 2. The van der Waals surface area contributed by atoms with Crippen LogP contribution in [0.3, 0.4) is 0 Å². The van der Waals surface area contributed by atoms with Crippen LogP contribution in [0, 0.1) is 58.0 Å². The zero-order valence-electron chi connectivity index (χ0n) is 14.5.